The highest BCUT2D eigenvalue weighted by atomic mass is 35.5. The summed E-state index contributed by atoms with van der Waals surface area (Å²) in [6, 6.07) is 4.86. The number of ether oxygens (including phenoxy) is 1. The Kier molecular flexibility index (Phi) is 3.57. The van der Waals surface area contributed by atoms with Crippen molar-refractivity contribution in [1.29, 1.82) is 0 Å². The Hall–Kier alpha value is -0.880. The minimum Gasteiger partial charge on any atom is -0.369 e. The van der Waals surface area contributed by atoms with Crippen LogP contribution >= 0.6 is 22.9 Å². The second kappa shape index (κ2) is 5.34. The van der Waals surface area contributed by atoms with E-state index in [0.29, 0.717) is 6.04 Å². The number of hydrogen-bond acceptors (Lipinski definition) is 4. The number of piperidine rings is 1. The molecule has 0 bridgehead atoms. The number of nitrogens with zero attached hydrogens (tertiary/aromatic N) is 2. The summed E-state index contributed by atoms with van der Waals surface area (Å²) < 4.78 is 9.19. The molecule has 2 aromatic rings. The lowest BCUT2D eigenvalue weighted by Crippen LogP contribution is -2.50. The van der Waals surface area contributed by atoms with Gasteiger partial charge in [0, 0.05) is 30.6 Å². The molecular formula is C16H20ClN3OS. The van der Waals surface area contributed by atoms with Crippen LogP contribution < -0.4 is 5.32 Å². The minimum atomic E-state index is -0.203. The van der Waals surface area contributed by atoms with E-state index in [9.17, 15) is 0 Å². The van der Waals surface area contributed by atoms with Gasteiger partial charge in [0.25, 0.3) is 0 Å². The van der Waals surface area contributed by atoms with Crippen LogP contribution in [0.25, 0.3) is 0 Å². The van der Waals surface area contributed by atoms with Crippen LogP contribution in [-0.4, -0.2) is 22.4 Å². The summed E-state index contributed by atoms with van der Waals surface area (Å²) in [7, 11) is 2.00. The van der Waals surface area contributed by atoms with Crippen LogP contribution in [0.2, 0.25) is 4.34 Å². The zero-order chi connectivity index (χ0) is 15.3. The highest BCUT2D eigenvalue weighted by molar-refractivity contribution is 7.16. The van der Waals surface area contributed by atoms with Gasteiger partial charge in [-0.25, -0.2) is 0 Å². The van der Waals surface area contributed by atoms with E-state index in [1.165, 1.54) is 16.1 Å². The number of halogens is 1. The van der Waals surface area contributed by atoms with Gasteiger partial charge in [-0.05, 0) is 37.5 Å². The average Bonchev–Trinajstić information content (AvgIpc) is 3.04. The van der Waals surface area contributed by atoms with Crippen molar-refractivity contribution in [3.63, 3.8) is 0 Å². The molecule has 1 spiro atoms. The highest BCUT2D eigenvalue weighted by Crippen LogP contribution is 2.49. The molecule has 0 aliphatic carbocycles. The molecule has 22 heavy (non-hydrogen) atoms. The van der Waals surface area contributed by atoms with E-state index in [1.54, 1.807) is 11.3 Å². The van der Waals surface area contributed by atoms with Gasteiger partial charge in [-0.15, -0.1) is 11.3 Å². The fourth-order valence-corrected chi connectivity index (χ4v) is 5.44. The van der Waals surface area contributed by atoms with E-state index < -0.39 is 0 Å². The number of thiophene rings is 1. The molecule has 0 saturated carbocycles. The Morgan fingerprint density at radius 3 is 3.14 bits per heavy atom. The lowest BCUT2D eigenvalue weighted by molar-refractivity contribution is -0.0960. The van der Waals surface area contributed by atoms with Crippen molar-refractivity contribution in [2.75, 3.05) is 6.61 Å². The highest BCUT2D eigenvalue weighted by Gasteiger charge is 2.46. The maximum absolute atomic E-state index is 6.37. The SMILES string of the molecule is CC1CC2(CC(c3ccnn3C)N1)OCCc1cc(Cl)sc12. The zero-order valence-corrected chi connectivity index (χ0v) is 14.4. The van der Waals surface area contributed by atoms with Crippen molar-refractivity contribution in [2.45, 2.75) is 43.9 Å². The van der Waals surface area contributed by atoms with E-state index in [1.807, 2.05) is 17.9 Å². The summed E-state index contributed by atoms with van der Waals surface area (Å²) in [4.78, 5) is 1.34. The Labute approximate surface area is 139 Å². The Balaban J connectivity index is 1.74. The van der Waals surface area contributed by atoms with E-state index in [0.717, 1.165) is 30.2 Å². The van der Waals surface area contributed by atoms with Gasteiger partial charge >= 0.3 is 0 Å². The molecule has 2 aliphatic rings. The fourth-order valence-electron chi connectivity index (χ4n) is 3.98. The standard InChI is InChI=1S/C16H20ClN3OS/c1-10-8-16(9-12(19-10)13-3-5-18-20(13)2)15-11(4-6-21-16)7-14(17)22-15/h3,5,7,10,12,19H,4,6,8-9H2,1-2H3. The maximum atomic E-state index is 6.37. The minimum absolute atomic E-state index is 0.203. The smallest absolute Gasteiger partial charge is 0.106 e. The molecule has 2 aromatic heterocycles. The zero-order valence-electron chi connectivity index (χ0n) is 12.8. The molecule has 0 aromatic carbocycles. The molecule has 0 amide bonds. The molecule has 0 radical (unpaired) electrons. The molecule has 3 atom stereocenters. The second-order valence-electron chi connectivity index (χ2n) is 6.41. The quantitative estimate of drug-likeness (QED) is 0.866. The van der Waals surface area contributed by atoms with Gasteiger partial charge < -0.3 is 10.1 Å². The summed E-state index contributed by atoms with van der Waals surface area (Å²) >= 11 is 7.98. The van der Waals surface area contributed by atoms with Gasteiger partial charge in [-0.1, -0.05) is 11.6 Å². The summed E-state index contributed by atoms with van der Waals surface area (Å²) in [5, 5.41) is 8.02. The number of rotatable bonds is 1. The second-order valence-corrected chi connectivity index (χ2v) is 8.09. The maximum Gasteiger partial charge on any atom is 0.106 e. The monoisotopic (exact) mass is 337 g/mol. The summed E-state index contributed by atoms with van der Waals surface area (Å²) in [6.07, 6.45) is 4.75. The molecule has 3 unspecified atom stereocenters. The Bertz CT molecular complexity index is 697. The molecule has 1 N–H and O–H groups in total. The van der Waals surface area contributed by atoms with Gasteiger partial charge in [0.15, 0.2) is 0 Å². The van der Waals surface area contributed by atoms with Gasteiger partial charge in [-0.2, -0.15) is 5.10 Å². The van der Waals surface area contributed by atoms with E-state index in [4.69, 9.17) is 16.3 Å². The molecule has 4 heterocycles. The van der Waals surface area contributed by atoms with Crippen LogP contribution in [0, 0.1) is 0 Å². The lowest BCUT2D eigenvalue weighted by Gasteiger charge is -2.46. The number of hydrogen-bond donors (Lipinski definition) is 1. The number of nitrogens with one attached hydrogen (secondary N) is 1. The molecule has 1 fully saturated rings. The third-order valence-corrected chi connectivity index (χ3v) is 6.31. The van der Waals surface area contributed by atoms with Crippen LogP contribution in [0.15, 0.2) is 18.3 Å². The molecule has 4 rings (SSSR count). The topological polar surface area (TPSA) is 39.1 Å². The summed E-state index contributed by atoms with van der Waals surface area (Å²) in [5.41, 5.74) is 2.38. The first-order chi connectivity index (χ1) is 10.6. The number of fused-ring (bicyclic) bond motifs is 2. The van der Waals surface area contributed by atoms with Gasteiger partial charge in [-0.3, -0.25) is 4.68 Å². The van der Waals surface area contributed by atoms with Crippen LogP contribution in [0.5, 0.6) is 0 Å². The van der Waals surface area contributed by atoms with E-state index in [-0.39, 0.29) is 11.6 Å². The van der Waals surface area contributed by atoms with Crippen LogP contribution in [-0.2, 0) is 23.8 Å². The number of aromatic nitrogens is 2. The molecule has 6 heteroatoms. The first-order valence-electron chi connectivity index (χ1n) is 7.74. The first-order valence-corrected chi connectivity index (χ1v) is 8.93. The Morgan fingerprint density at radius 2 is 2.36 bits per heavy atom. The van der Waals surface area contributed by atoms with Crippen LogP contribution in [0.1, 0.15) is 41.9 Å². The predicted octanol–water partition coefficient (Wildman–Crippen LogP) is 3.42. The largest absolute Gasteiger partial charge is 0.369 e. The third kappa shape index (κ3) is 2.31. The van der Waals surface area contributed by atoms with E-state index >= 15 is 0 Å². The van der Waals surface area contributed by atoms with Crippen molar-refractivity contribution in [1.82, 2.24) is 15.1 Å². The first kappa shape index (κ1) is 14.7. The number of aryl methyl sites for hydroxylation is 1. The third-order valence-electron chi connectivity index (χ3n) is 4.81. The lowest BCUT2D eigenvalue weighted by atomic mass is 9.79. The van der Waals surface area contributed by atoms with Crippen molar-refractivity contribution >= 4 is 22.9 Å². The van der Waals surface area contributed by atoms with Crippen LogP contribution in [0.3, 0.4) is 0 Å². The average molecular weight is 338 g/mol. The molecule has 2 aliphatic heterocycles. The van der Waals surface area contributed by atoms with Gasteiger partial charge in [0.05, 0.1) is 22.7 Å². The van der Waals surface area contributed by atoms with Crippen LogP contribution in [0.4, 0.5) is 0 Å². The fraction of sp³-hybridized carbons (Fsp3) is 0.562. The van der Waals surface area contributed by atoms with Crippen molar-refractivity contribution in [2.24, 2.45) is 7.05 Å². The molecule has 118 valence electrons. The Morgan fingerprint density at radius 1 is 1.50 bits per heavy atom. The van der Waals surface area contributed by atoms with Crippen molar-refractivity contribution in [3.8, 4) is 0 Å². The summed E-state index contributed by atoms with van der Waals surface area (Å²) in [6.45, 7) is 3.02. The predicted molar refractivity (Wildman–Crippen MR) is 88.4 cm³/mol. The van der Waals surface area contributed by atoms with Crippen molar-refractivity contribution < 1.29 is 4.74 Å². The van der Waals surface area contributed by atoms with Gasteiger partial charge in [0.2, 0.25) is 0 Å². The summed E-state index contributed by atoms with van der Waals surface area (Å²) in [5.74, 6) is 0. The van der Waals surface area contributed by atoms with Crippen molar-refractivity contribution in [3.05, 3.63) is 38.8 Å². The normalized spacial score (nSPS) is 31.4. The molecule has 4 nitrogen and oxygen atoms in total. The van der Waals surface area contributed by atoms with E-state index in [2.05, 4.69) is 29.5 Å². The molecule has 1 saturated heterocycles. The van der Waals surface area contributed by atoms with Gasteiger partial charge in [0.1, 0.15) is 5.60 Å². The molecular weight excluding hydrogens is 318 g/mol.